The molecule has 0 aromatic carbocycles. The Kier molecular flexibility index (Phi) is 1.89. The van der Waals surface area contributed by atoms with Crippen molar-refractivity contribution in [1.29, 1.82) is 0 Å². The van der Waals surface area contributed by atoms with Crippen LogP contribution < -0.4 is 0 Å². The second kappa shape index (κ2) is 2.68. The summed E-state index contributed by atoms with van der Waals surface area (Å²) < 4.78 is 0. The molecule has 0 atom stereocenters. The highest BCUT2D eigenvalue weighted by molar-refractivity contribution is 8.00. The van der Waals surface area contributed by atoms with Crippen LogP contribution in [0.25, 0.3) is 0 Å². The van der Waals surface area contributed by atoms with Gasteiger partial charge in [0.15, 0.2) is 0 Å². The molecule has 1 aromatic heterocycles. The van der Waals surface area contributed by atoms with Gasteiger partial charge < -0.3 is 5.11 Å². The Bertz CT molecular complexity index is 187. The molecule has 47 valence electrons. The molecule has 1 heterocycles. The maximum Gasteiger partial charge on any atom is 0.230 e. The van der Waals surface area contributed by atoms with Crippen LogP contribution in [0.5, 0.6) is 5.88 Å². The van der Waals surface area contributed by atoms with Gasteiger partial charge in [0.2, 0.25) is 5.88 Å². The van der Waals surface area contributed by atoms with Crippen molar-refractivity contribution in [2.24, 2.45) is 0 Å². The zero-order valence-electron chi connectivity index (χ0n) is 4.61. The Labute approximate surface area is 57.1 Å². The fourth-order valence-electron chi connectivity index (χ4n) is 0.390. The van der Waals surface area contributed by atoms with Crippen molar-refractivity contribution >= 4 is 11.8 Å². The minimum Gasteiger partial charge on any atom is -0.492 e. The molecule has 0 bridgehead atoms. The summed E-state index contributed by atoms with van der Waals surface area (Å²) in [4.78, 5) is 0. The van der Waals surface area contributed by atoms with Crippen LogP contribution in [-0.4, -0.2) is 15.3 Å². The van der Waals surface area contributed by atoms with E-state index in [-0.39, 0.29) is 5.88 Å². The van der Waals surface area contributed by atoms with Crippen molar-refractivity contribution in [2.45, 2.75) is 5.03 Å². The van der Waals surface area contributed by atoms with Gasteiger partial charge in [0, 0.05) is 12.3 Å². The topological polar surface area (TPSA) is 46.0 Å². The molecule has 0 unspecified atom stereocenters. The van der Waals surface area contributed by atoms with Crippen LogP contribution in [0, 0.1) is 6.26 Å². The van der Waals surface area contributed by atoms with E-state index < -0.39 is 0 Å². The highest BCUT2D eigenvalue weighted by atomic mass is 32.2. The van der Waals surface area contributed by atoms with Crippen molar-refractivity contribution in [3.63, 3.8) is 0 Å². The fraction of sp³-hybridized carbons (Fsp3) is 0. The number of hydrogen-bond donors (Lipinski definition) is 1. The highest BCUT2D eigenvalue weighted by Crippen LogP contribution is 2.12. The first kappa shape index (κ1) is 6.35. The van der Waals surface area contributed by atoms with E-state index in [0.717, 1.165) is 0 Å². The summed E-state index contributed by atoms with van der Waals surface area (Å²) in [5.74, 6) is -0.0622. The number of thioether (sulfide) groups is 1. The Morgan fingerprint density at radius 1 is 1.44 bits per heavy atom. The molecule has 1 aromatic rings. The smallest absolute Gasteiger partial charge is 0.230 e. The lowest BCUT2D eigenvalue weighted by atomic mass is 10.6. The van der Waals surface area contributed by atoms with Gasteiger partial charge in [-0.25, -0.2) is 0 Å². The normalized spacial score (nSPS) is 9.44. The summed E-state index contributed by atoms with van der Waals surface area (Å²) in [6, 6.07) is 3.13. The average molecular weight is 141 g/mol. The van der Waals surface area contributed by atoms with E-state index in [1.54, 1.807) is 6.07 Å². The Morgan fingerprint density at radius 3 is 2.67 bits per heavy atom. The van der Waals surface area contributed by atoms with E-state index in [0.29, 0.717) is 5.03 Å². The summed E-state index contributed by atoms with van der Waals surface area (Å²) in [5, 5.41) is 16.3. The molecule has 1 N–H and O–H groups in total. The molecule has 3 nitrogen and oxygen atoms in total. The molecule has 0 spiro atoms. The second-order valence-corrected chi connectivity index (χ2v) is 2.08. The largest absolute Gasteiger partial charge is 0.492 e. The molecule has 0 aliphatic heterocycles. The highest BCUT2D eigenvalue weighted by Gasteiger charge is 1.90. The maximum absolute atomic E-state index is 8.65. The molecule has 0 fully saturated rings. The SMILES string of the molecule is [CH2]Sc1ccc(O)nn1. The second-order valence-electron chi connectivity index (χ2n) is 1.37. The number of rotatable bonds is 1. The van der Waals surface area contributed by atoms with Crippen molar-refractivity contribution in [2.75, 3.05) is 0 Å². The van der Waals surface area contributed by atoms with Gasteiger partial charge in [-0.3, -0.25) is 0 Å². The lowest BCUT2D eigenvalue weighted by Crippen LogP contribution is -1.81. The monoisotopic (exact) mass is 141 g/mol. The Balaban J connectivity index is 2.88. The zero-order valence-corrected chi connectivity index (χ0v) is 5.43. The molecule has 0 aliphatic rings. The van der Waals surface area contributed by atoms with E-state index in [1.807, 2.05) is 0 Å². The lowest BCUT2D eigenvalue weighted by molar-refractivity contribution is 0.442. The summed E-state index contributed by atoms with van der Waals surface area (Å²) in [7, 11) is 0. The van der Waals surface area contributed by atoms with Crippen LogP contribution in [0.15, 0.2) is 17.2 Å². The van der Waals surface area contributed by atoms with Crippen LogP contribution in [-0.2, 0) is 0 Å². The van der Waals surface area contributed by atoms with E-state index in [1.165, 1.54) is 17.8 Å². The molecule has 0 saturated heterocycles. The van der Waals surface area contributed by atoms with Crippen LogP contribution in [0.3, 0.4) is 0 Å². The first-order chi connectivity index (χ1) is 4.33. The minimum absolute atomic E-state index is 0.0622. The van der Waals surface area contributed by atoms with Gasteiger partial charge in [-0.1, -0.05) is 0 Å². The van der Waals surface area contributed by atoms with Crippen molar-refractivity contribution in [1.82, 2.24) is 10.2 Å². The number of hydrogen-bond acceptors (Lipinski definition) is 4. The minimum atomic E-state index is -0.0622. The van der Waals surface area contributed by atoms with Crippen LogP contribution >= 0.6 is 11.8 Å². The van der Waals surface area contributed by atoms with Crippen LogP contribution in [0.1, 0.15) is 0 Å². The molecule has 1 rings (SSSR count). The van der Waals surface area contributed by atoms with Gasteiger partial charge in [-0.15, -0.1) is 22.0 Å². The molecule has 0 amide bonds. The van der Waals surface area contributed by atoms with Gasteiger partial charge in [0.25, 0.3) is 0 Å². The third-order valence-electron chi connectivity index (χ3n) is 0.774. The van der Waals surface area contributed by atoms with Gasteiger partial charge in [0.05, 0.1) is 0 Å². The Morgan fingerprint density at radius 2 is 2.22 bits per heavy atom. The van der Waals surface area contributed by atoms with Gasteiger partial charge >= 0.3 is 0 Å². The number of aromatic hydroxyl groups is 1. The summed E-state index contributed by atoms with van der Waals surface area (Å²) in [6.07, 6.45) is 3.52. The average Bonchev–Trinajstić information content (AvgIpc) is 1.90. The van der Waals surface area contributed by atoms with Crippen LogP contribution in [0.4, 0.5) is 0 Å². The third kappa shape index (κ3) is 1.57. The number of nitrogens with zero attached hydrogens (tertiary/aromatic N) is 2. The van der Waals surface area contributed by atoms with Crippen LogP contribution in [0.2, 0.25) is 0 Å². The van der Waals surface area contributed by atoms with Crippen molar-refractivity contribution in [3.8, 4) is 5.88 Å². The molecule has 0 aliphatic carbocycles. The molecule has 4 heteroatoms. The standard InChI is InChI=1S/C5H5N2OS/c1-9-5-3-2-4(8)6-7-5/h2-3H,1H2,(H,6,8). The summed E-state index contributed by atoms with van der Waals surface area (Å²) >= 11 is 1.24. The lowest BCUT2D eigenvalue weighted by Gasteiger charge is -1.90. The first-order valence-corrected chi connectivity index (χ1v) is 3.26. The predicted molar refractivity (Wildman–Crippen MR) is 34.9 cm³/mol. The first-order valence-electron chi connectivity index (χ1n) is 2.27. The van der Waals surface area contributed by atoms with E-state index in [4.69, 9.17) is 5.11 Å². The quantitative estimate of drug-likeness (QED) is 0.594. The summed E-state index contributed by atoms with van der Waals surface area (Å²) in [6.45, 7) is 0. The molecular weight excluding hydrogens is 136 g/mol. The zero-order chi connectivity index (χ0) is 6.69. The maximum atomic E-state index is 8.65. The van der Waals surface area contributed by atoms with E-state index in [9.17, 15) is 0 Å². The van der Waals surface area contributed by atoms with E-state index in [2.05, 4.69) is 16.5 Å². The molecule has 0 saturated carbocycles. The van der Waals surface area contributed by atoms with Gasteiger partial charge in [-0.2, -0.15) is 0 Å². The van der Waals surface area contributed by atoms with Crippen molar-refractivity contribution in [3.05, 3.63) is 18.4 Å². The Hall–Kier alpha value is -0.770. The van der Waals surface area contributed by atoms with Gasteiger partial charge in [0.1, 0.15) is 5.03 Å². The summed E-state index contributed by atoms with van der Waals surface area (Å²) in [5.41, 5.74) is 0. The molecule has 1 radical (unpaired) electrons. The van der Waals surface area contributed by atoms with E-state index >= 15 is 0 Å². The number of aromatic nitrogens is 2. The third-order valence-corrected chi connectivity index (χ3v) is 1.29. The molecule has 9 heavy (non-hydrogen) atoms. The van der Waals surface area contributed by atoms with Crippen molar-refractivity contribution < 1.29 is 5.11 Å². The predicted octanol–water partition coefficient (Wildman–Crippen LogP) is 1.07. The fourth-order valence-corrected chi connectivity index (χ4v) is 0.653. The molecular formula is C5H5N2OS. The van der Waals surface area contributed by atoms with Gasteiger partial charge in [-0.05, 0) is 6.07 Å².